The van der Waals surface area contributed by atoms with Crippen molar-refractivity contribution in [3.8, 4) is 34.2 Å². The van der Waals surface area contributed by atoms with Gasteiger partial charge in [0.2, 0.25) is 0 Å². The molecule has 0 amide bonds. The Bertz CT molecular complexity index is 1670. The van der Waals surface area contributed by atoms with Crippen molar-refractivity contribution in [2.24, 2.45) is 0 Å². The minimum absolute atomic E-state index is 0.0363. The first-order chi connectivity index (χ1) is 19.1. The minimum Gasteiger partial charge on any atom is -0.464 e. The van der Waals surface area contributed by atoms with Crippen LogP contribution in [0.25, 0.3) is 34.2 Å². The second kappa shape index (κ2) is 10.4. The van der Waals surface area contributed by atoms with Crippen LogP contribution in [0.3, 0.4) is 0 Å². The Morgan fingerprint density at radius 2 is 1.77 bits per heavy atom. The SMILES string of the molecule is CCOC(=O)C(c1ccc(-c2ccc(C)cc2C(F)(F)F)nn1)n1cnc2nc(-c3cccc(F)c3F)nc-2c1. The smallest absolute Gasteiger partial charge is 0.417 e. The highest BCUT2D eigenvalue weighted by molar-refractivity contribution is 5.78. The molecule has 1 aromatic heterocycles. The van der Waals surface area contributed by atoms with E-state index in [1.54, 1.807) is 13.8 Å². The molecular formula is C27H19F5N6O2. The van der Waals surface area contributed by atoms with E-state index in [1.165, 1.54) is 53.5 Å². The van der Waals surface area contributed by atoms with Gasteiger partial charge in [-0.1, -0.05) is 23.8 Å². The van der Waals surface area contributed by atoms with Gasteiger partial charge in [-0.3, -0.25) is 0 Å². The van der Waals surface area contributed by atoms with Crippen LogP contribution >= 0.6 is 0 Å². The van der Waals surface area contributed by atoms with Gasteiger partial charge in [-0.2, -0.15) is 23.4 Å². The van der Waals surface area contributed by atoms with Crippen molar-refractivity contribution in [3.63, 3.8) is 0 Å². The third-order valence-electron chi connectivity index (χ3n) is 5.97. The van der Waals surface area contributed by atoms with Crippen LogP contribution in [0.1, 0.15) is 29.8 Å². The van der Waals surface area contributed by atoms with Crippen LogP contribution in [0.15, 0.2) is 61.1 Å². The fourth-order valence-corrected chi connectivity index (χ4v) is 4.13. The Labute approximate surface area is 223 Å². The monoisotopic (exact) mass is 554 g/mol. The number of hydrogen-bond donors (Lipinski definition) is 0. The number of carbonyl (C=O) groups is 1. The lowest BCUT2D eigenvalue weighted by molar-refractivity contribution is -0.146. The summed E-state index contributed by atoms with van der Waals surface area (Å²) in [6, 6.07) is 8.92. The molecule has 2 aromatic carbocycles. The van der Waals surface area contributed by atoms with Crippen LogP contribution in [0.2, 0.25) is 0 Å². The second-order valence-corrected chi connectivity index (χ2v) is 8.72. The van der Waals surface area contributed by atoms with Gasteiger partial charge in [0.1, 0.15) is 5.69 Å². The van der Waals surface area contributed by atoms with Gasteiger partial charge >= 0.3 is 12.1 Å². The van der Waals surface area contributed by atoms with E-state index in [4.69, 9.17) is 4.74 Å². The molecule has 8 nitrogen and oxygen atoms in total. The van der Waals surface area contributed by atoms with Gasteiger partial charge in [-0.05, 0) is 44.2 Å². The maximum Gasteiger partial charge on any atom is 0.417 e. The van der Waals surface area contributed by atoms with Gasteiger partial charge in [0.25, 0.3) is 0 Å². The summed E-state index contributed by atoms with van der Waals surface area (Å²) in [7, 11) is 0. The average Bonchev–Trinajstić information content (AvgIpc) is 3.34. The third kappa shape index (κ3) is 5.09. The molecule has 5 rings (SSSR count). The van der Waals surface area contributed by atoms with Gasteiger partial charge in [0.05, 0.1) is 35.4 Å². The quantitative estimate of drug-likeness (QED) is 0.197. The number of aromatic nitrogens is 6. The van der Waals surface area contributed by atoms with Crippen LogP contribution in [0, 0.1) is 18.6 Å². The number of esters is 1. The highest BCUT2D eigenvalue weighted by Crippen LogP contribution is 2.37. The largest absolute Gasteiger partial charge is 0.464 e. The van der Waals surface area contributed by atoms with E-state index in [0.29, 0.717) is 5.56 Å². The van der Waals surface area contributed by atoms with Gasteiger partial charge in [0, 0.05) is 11.8 Å². The summed E-state index contributed by atoms with van der Waals surface area (Å²) in [4.78, 5) is 25.5. The molecule has 204 valence electrons. The predicted molar refractivity (Wildman–Crippen MR) is 132 cm³/mol. The van der Waals surface area contributed by atoms with Crippen LogP contribution in [-0.2, 0) is 15.7 Å². The Kier molecular flexibility index (Phi) is 6.96. The number of alkyl halides is 3. The van der Waals surface area contributed by atoms with E-state index in [-0.39, 0.29) is 46.5 Å². The number of rotatable bonds is 6. The summed E-state index contributed by atoms with van der Waals surface area (Å²) in [5, 5.41) is 8.01. The maximum absolute atomic E-state index is 14.3. The Morgan fingerprint density at radius 3 is 2.48 bits per heavy atom. The number of halogens is 5. The zero-order valence-electron chi connectivity index (χ0n) is 20.9. The van der Waals surface area contributed by atoms with Crippen molar-refractivity contribution in [1.82, 2.24) is 29.7 Å². The normalized spacial score (nSPS) is 12.5. The number of aryl methyl sites for hydroxylation is 1. The summed E-state index contributed by atoms with van der Waals surface area (Å²) in [6.07, 6.45) is -1.96. The molecule has 2 aliphatic rings. The van der Waals surface area contributed by atoms with Crippen LogP contribution in [0.5, 0.6) is 0 Å². The van der Waals surface area contributed by atoms with Gasteiger partial charge in [-0.15, -0.1) is 0 Å². The van der Waals surface area contributed by atoms with Gasteiger partial charge in [-0.25, -0.2) is 28.5 Å². The molecule has 0 fully saturated rings. The number of nitrogens with zero attached hydrogens (tertiary/aromatic N) is 6. The molecule has 2 aliphatic heterocycles. The van der Waals surface area contributed by atoms with E-state index >= 15 is 0 Å². The molecule has 0 radical (unpaired) electrons. The fourth-order valence-electron chi connectivity index (χ4n) is 4.13. The lowest BCUT2D eigenvalue weighted by Crippen LogP contribution is -2.25. The molecule has 0 N–H and O–H groups in total. The number of ether oxygens (including phenoxy) is 1. The highest BCUT2D eigenvalue weighted by atomic mass is 19.4. The molecule has 0 aliphatic carbocycles. The van der Waals surface area contributed by atoms with Crippen molar-refractivity contribution >= 4 is 5.97 Å². The van der Waals surface area contributed by atoms with Gasteiger partial charge in [0.15, 0.2) is 29.3 Å². The summed E-state index contributed by atoms with van der Waals surface area (Å²) in [6.45, 7) is 3.19. The zero-order valence-corrected chi connectivity index (χ0v) is 20.9. The van der Waals surface area contributed by atoms with Crippen LogP contribution < -0.4 is 0 Å². The molecule has 3 aromatic rings. The third-order valence-corrected chi connectivity index (χ3v) is 5.97. The fraction of sp³-hybridized carbons (Fsp3) is 0.185. The molecule has 0 saturated heterocycles. The Hall–Kier alpha value is -4.81. The summed E-state index contributed by atoms with van der Waals surface area (Å²) in [5.74, 6) is -2.91. The van der Waals surface area contributed by atoms with Crippen molar-refractivity contribution in [1.29, 1.82) is 0 Å². The maximum atomic E-state index is 14.3. The Morgan fingerprint density at radius 1 is 0.975 bits per heavy atom. The number of fused-ring (bicyclic) bond motifs is 1. The molecule has 0 spiro atoms. The lowest BCUT2D eigenvalue weighted by atomic mass is 10.0. The van der Waals surface area contributed by atoms with E-state index in [9.17, 15) is 26.7 Å². The molecule has 13 heteroatoms. The van der Waals surface area contributed by atoms with E-state index in [2.05, 4.69) is 25.1 Å². The second-order valence-electron chi connectivity index (χ2n) is 8.72. The first-order valence-electron chi connectivity index (χ1n) is 11.9. The van der Waals surface area contributed by atoms with Crippen LogP contribution in [0.4, 0.5) is 22.0 Å². The van der Waals surface area contributed by atoms with Crippen molar-refractivity contribution < 1.29 is 31.5 Å². The molecule has 40 heavy (non-hydrogen) atoms. The topological polar surface area (TPSA) is 95.7 Å². The average molecular weight is 554 g/mol. The number of benzene rings is 2. The number of imidazole rings is 1. The van der Waals surface area contributed by atoms with E-state index in [0.717, 1.165) is 12.1 Å². The van der Waals surface area contributed by atoms with Crippen molar-refractivity contribution in [3.05, 3.63) is 89.5 Å². The molecule has 1 atom stereocenters. The molecule has 0 bridgehead atoms. The molecular weight excluding hydrogens is 535 g/mol. The summed E-state index contributed by atoms with van der Waals surface area (Å²) in [5.41, 5.74) is -0.575. The van der Waals surface area contributed by atoms with Crippen molar-refractivity contribution in [2.75, 3.05) is 6.61 Å². The summed E-state index contributed by atoms with van der Waals surface area (Å²) < 4.78 is 75.4. The minimum atomic E-state index is -4.61. The molecule has 1 unspecified atom stereocenters. The summed E-state index contributed by atoms with van der Waals surface area (Å²) >= 11 is 0. The first kappa shape index (κ1) is 26.8. The van der Waals surface area contributed by atoms with E-state index < -0.39 is 35.4 Å². The number of hydrogen-bond acceptors (Lipinski definition) is 7. The zero-order chi connectivity index (χ0) is 28.6. The van der Waals surface area contributed by atoms with Crippen LogP contribution in [-0.4, -0.2) is 42.3 Å². The Balaban J connectivity index is 1.54. The van der Waals surface area contributed by atoms with Crippen molar-refractivity contribution in [2.45, 2.75) is 26.1 Å². The predicted octanol–water partition coefficient (Wildman–Crippen LogP) is 5.66. The highest BCUT2D eigenvalue weighted by Gasteiger charge is 2.34. The first-order valence-corrected chi connectivity index (χ1v) is 11.9. The van der Waals surface area contributed by atoms with E-state index in [1.807, 2.05) is 0 Å². The van der Waals surface area contributed by atoms with Gasteiger partial charge < -0.3 is 9.30 Å². The molecule has 0 saturated carbocycles. The number of carbonyl (C=O) groups excluding carboxylic acids is 1. The standard InChI is InChI=1S/C27H19F5N6O2/c1-3-40-26(39)23(20-10-9-19(36-37-20)15-8-7-14(2)11-17(15)27(30,31)32)38-12-21-25(33-13-38)35-24(34-21)16-5-4-6-18(28)22(16)29/h4-13,23H,3H2,1-2H3. The molecule has 3 heterocycles. The lowest BCUT2D eigenvalue weighted by Gasteiger charge is -2.19.